The Morgan fingerprint density at radius 3 is 0.407 bits per heavy atom. The Morgan fingerprint density at radius 2 is 0.305 bits per heavy atom. The molecule has 0 aliphatic heterocycles. The molecular formula is C55H104O4. The highest BCUT2D eigenvalue weighted by molar-refractivity contribution is 5.79. The van der Waals surface area contributed by atoms with E-state index < -0.39 is 11.9 Å². The van der Waals surface area contributed by atoms with Crippen LogP contribution in [0, 0.1) is 0 Å². The average molecular weight is 829 g/mol. The summed E-state index contributed by atoms with van der Waals surface area (Å²) in [5, 5.41) is 17.2. The Hall–Kier alpha value is -1.58. The van der Waals surface area contributed by atoms with Crippen LogP contribution in [0.5, 0.6) is 0 Å². The molecule has 0 aromatic heterocycles. The summed E-state index contributed by atoms with van der Waals surface area (Å²) in [4.78, 5) is 20.9. The molecule has 4 nitrogen and oxygen atoms in total. The molecule has 0 radical (unpaired) electrons. The fourth-order valence-electron chi connectivity index (χ4n) is 8.85. The third-order valence-electron chi connectivity index (χ3n) is 12.8. The summed E-state index contributed by atoms with van der Waals surface area (Å²) in [6.45, 7) is 0. The van der Waals surface area contributed by atoms with Gasteiger partial charge in [0.2, 0.25) is 0 Å². The summed E-state index contributed by atoms with van der Waals surface area (Å²) in [5.41, 5.74) is 0. The lowest BCUT2D eigenvalue weighted by Crippen LogP contribution is -1.86. The normalized spacial score (nSPS) is 11.8. The lowest BCUT2D eigenvalue weighted by molar-refractivity contribution is -0.132. The first-order chi connectivity index (χ1) is 29.1. The van der Waals surface area contributed by atoms with Crippen molar-refractivity contribution in [3.63, 3.8) is 0 Å². The van der Waals surface area contributed by atoms with Gasteiger partial charge in [0.25, 0.3) is 0 Å². The minimum Gasteiger partial charge on any atom is -0.478 e. The van der Waals surface area contributed by atoms with Crippen molar-refractivity contribution in [1.82, 2.24) is 0 Å². The second kappa shape index (κ2) is 52.6. The van der Waals surface area contributed by atoms with E-state index in [2.05, 4.69) is 0 Å². The van der Waals surface area contributed by atoms with E-state index in [1.807, 2.05) is 0 Å². The first-order valence-corrected chi connectivity index (χ1v) is 26.9. The second-order valence-electron chi connectivity index (χ2n) is 18.7. The van der Waals surface area contributed by atoms with E-state index in [0.29, 0.717) is 0 Å². The summed E-state index contributed by atoms with van der Waals surface area (Å²) >= 11 is 0. The van der Waals surface area contributed by atoms with Crippen molar-refractivity contribution < 1.29 is 19.8 Å². The van der Waals surface area contributed by atoms with Crippen LogP contribution >= 0.6 is 0 Å². The number of carbonyl (C=O) groups is 2. The van der Waals surface area contributed by atoms with Gasteiger partial charge < -0.3 is 10.2 Å². The van der Waals surface area contributed by atoms with Gasteiger partial charge in [-0.25, -0.2) is 9.59 Å². The minimum absolute atomic E-state index is 0.830. The van der Waals surface area contributed by atoms with E-state index in [1.165, 1.54) is 301 Å². The molecule has 0 spiro atoms. The number of aliphatic carboxylic acids is 2. The van der Waals surface area contributed by atoms with Crippen molar-refractivity contribution in [1.29, 1.82) is 0 Å². The molecule has 0 rings (SSSR count). The smallest absolute Gasteiger partial charge is 0.327 e. The predicted molar refractivity (Wildman–Crippen MR) is 260 cm³/mol. The molecule has 0 heterocycles. The second-order valence-corrected chi connectivity index (χ2v) is 18.7. The molecule has 0 amide bonds. The molecule has 0 saturated carbocycles. The molecule has 0 aliphatic rings. The molecule has 0 fully saturated rings. The van der Waals surface area contributed by atoms with Crippen LogP contribution in [0.25, 0.3) is 0 Å². The van der Waals surface area contributed by atoms with Gasteiger partial charge in [-0.15, -0.1) is 0 Å². The third kappa shape index (κ3) is 56.4. The van der Waals surface area contributed by atoms with E-state index >= 15 is 0 Å². The maximum absolute atomic E-state index is 10.4. The SMILES string of the molecule is O=C(O)C=CCCCCCCCCCCCCCCCCCCCCCCCCCCCCCCCCCCCCCCCCCCCCCCCCCC=CC(=O)O. The molecule has 0 atom stereocenters. The summed E-state index contributed by atoms with van der Waals surface area (Å²) in [6.07, 6.45) is 74.5. The standard InChI is InChI=1S/C55H104O4/c56-54(57)52-50-48-46-44-42-40-38-36-34-32-30-28-26-24-22-20-18-16-14-12-10-8-6-4-2-1-3-5-7-9-11-13-15-17-19-21-23-25-27-29-31-33-35-37-39-41-43-45-47-49-51-53-55(58)59/h50-53H,1-49H2,(H,56,57)(H,58,59). The van der Waals surface area contributed by atoms with Crippen LogP contribution in [0.15, 0.2) is 24.3 Å². The van der Waals surface area contributed by atoms with Crippen LogP contribution in [-0.2, 0) is 9.59 Å². The van der Waals surface area contributed by atoms with Crippen molar-refractivity contribution >= 4 is 11.9 Å². The van der Waals surface area contributed by atoms with Crippen LogP contribution in [0.4, 0.5) is 0 Å². The molecule has 0 bridgehead atoms. The molecular weight excluding hydrogens is 725 g/mol. The largest absolute Gasteiger partial charge is 0.478 e. The quantitative estimate of drug-likeness (QED) is 0.0473. The van der Waals surface area contributed by atoms with Crippen LogP contribution in [0.2, 0.25) is 0 Å². The lowest BCUT2D eigenvalue weighted by Gasteiger charge is -2.05. The van der Waals surface area contributed by atoms with Crippen LogP contribution in [-0.4, -0.2) is 22.2 Å². The van der Waals surface area contributed by atoms with Crippen LogP contribution in [0.3, 0.4) is 0 Å². The molecule has 0 aromatic rings. The van der Waals surface area contributed by atoms with Crippen molar-refractivity contribution in [3.05, 3.63) is 24.3 Å². The van der Waals surface area contributed by atoms with E-state index in [1.54, 1.807) is 12.2 Å². The van der Waals surface area contributed by atoms with Crippen molar-refractivity contribution in [2.24, 2.45) is 0 Å². The van der Waals surface area contributed by atoms with Crippen molar-refractivity contribution in [2.75, 3.05) is 0 Å². The van der Waals surface area contributed by atoms with E-state index in [0.717, 1.165) is 25.7 Å². The average Bonchev–Trinajstić information content (AvgIpc) is 3.22. The van der Waals surface area contributed by atoms with Gasteiger partial charge in [-0.05, 0) is 25.7 Å². The Bertz CT molecular complexity index is 808. The third-order valence-corrected chi connectivity index (χ3v) is 12.8. The zero-order valence-corrected chi connectivity index (χ0v) is 39.7. The number of hydrogen-bond acceptors (Lipinski definition) is 2. The van der Waals surface area contributed by atoms with Gasteiger partial charge in [-0.3, -0.25) is 0 Å². The molecule has 2 N–H and O–H groups in total. The number of allylic oxidation sites excluding steroid dienone is 2. The molecule has 348 valence electrons. The Kier molecular flexibility index (Phi) is 51.2. The Balaban J connectivity index is 3.08. The van der Waals surface area contributed by atoms with Gasteiger partial charge in [0.05, 0.1) is 0 Å². The zero-order chi connectivity index (χ0) is 42.6. The molecule has 0 aliphatic carbocycles. The number of rotatable bonds is 52. The topological polar surface area (TPSA) is 74.6 Å². The Labute approximate surface area is 369 Å². The monoisotopic (exact) mass is 829 g/mol. The van der Waals surface area contributed by atoms with Gasteiger partial charge in [0.1, 0.15) is 0 Å². The minimum atomic E-state index is -0.830. The Morgan fingerprint density at radius 1 is 0.203 bits per heavy atom. The highest BCUT2D eigenvalue weighted by atomic mass is 16.4. The summed E-state index contributed by atoms with van der Waals surface area (Å²) < 4.78 is 0. The first-order valence-electron chi connectivity index (χ1n) is 26.9. The lowest BCUT2D eigenvalue weighted by atomic mass is 10.0. The van der Waals surface area contributed by atoms with Gasteiger partial charge >= 0.3 is 11.9 Å². The predicted octanol–water partition coefficient (Wildman–Crippen LogP) is 19.4. The number of carboxylic acids is 2. The summed E-state index contributed by atoms with van der Waals surface area (Å²) in [7, 11) is 0. The van der Waals surface area contributed by atoms with Crippen molar-refractivity contribution in [3.8, 4) is 0 Å². The maximum atomic E-state index is 10.4. The van der Waals surface area contributed by atoms with E-state index in [9.17, 15) is 9.59 Å². The highest BCUT2D eigenvalue weighted by Gasteiger charge is 1.99. The van der Waals surface area contributed by atoms with E-state index in [4.69, 9.17) is 10.2 Å². The van der Waals surface area contributed by atoms with Gasteiger partial charge in [0.15, 0.2) is 0 Å². The number of hydrogen-bond donors (Lipinski definition) is 2. The van der Waals surface area contributed by atoms with Gasteiger partial charge in [0, 0.05) is 12.2 Å². The first kappa shape index (κ1) is 57.4. The van der Waals surface area contributed by atoms with E-state index in [-0.39, 0.29) is 0 Å². The number of unbranched alkanes of at least 4 members (excludes halogenated alkanes) is 48. The molecule has 59 heavy (non-hydrogen) atoms. The molecule has 0 aromatic carbocycles. The summed E-state index contributed by atoms with van der Waals surface area (Å²) in [6, 6.07) is 0. The maximum Gasteiger partial charge on any atom is 0.327 e. The summed E-state index contributed by atoms with van der Waals surface area (Å²) in [5.74, 6) is -1.66. The van der Waals surface area contributed by atoms with Crippen LogP contribution in [0.1, 0.15) is 315 Å². The fourth-order valence-corrected chi connectivity index (χ4v) is 8.85. The number of carboxylic acid groups (broad SMARTS) is 2. The van der Waals surface area contributed by atoms with Crippen LogP contribution < -0.4 is 0 Å². The molecule has 4 heteroatoms. The molecule has 0 saturated heterocycles. The van der Waals surface area contributed by atoms with Crippen molar-refractivity contribution in [2.45, 2.75) is 315 Å². The zero-order valence-electron chi connectivity index (χ0n) is 39.7. The van der Waals surface area contributed by atoms with Gasteiger partial charge in [-0.1, -0.05) is 301 Å². The highest BCUT2D eigenvalue weighted by Crippen LogP contribution is 2.19. The van der Waals surface area contributed by atoms with Gasteiger partial charge in [-0.2, -0.15) is 0 Å². The fraction of sp³-hybridized carbons (Fsp3) is 0.891. The molecule has 0 unspecified atom stereocenters.